The van der Waals surface area contributed by atoms with Crippen LogP contribution in [0.1, 0.15) is 57.9 Å². The van der Waals surface area contributed by atoms with Crippen LogP contribution in [0.2, 0.25) is 0 Å². The van der Waals surface area contributed by atoms with Crippen LogP contribution in [-0.4, -0.2) is 25.3 Å². The zero-order valence-electron chi connectivity index (χ0n) is 19.7. The van der Waals surface area contributed by atoms with Crippen LogP contribution in [0.15, 0.2) is 60.7 Å². The number of ether oxygens (including phenoxy) is 2. The zero-order valence-corrected chi connectivity index (χ0v) is 19.7. The van der Waals surface area contributed by atoms with Gasteiger partial charge in [0.05, 0.1) is 19.8 Å². The molecule has 1 aliphatic rings. The van der Waals surface area contributed by atoms with Crippen LogP contribution in [0, 0.1) is 0 Å². The van der Waals surface area contributed by atoms with Gasteiger partial charge in [-0.25, -0.2) is 4.79 Å². The number of benzene rings is 3. The van der Waals surface area contributed by atoms with Gasteiger partial charge >= 0.3 is 5.97 Å². The quantitative estimate of drug-likeness (QED) is 0.461. The molecular formula is C29H32O4. The molecule has 172 valence electrons. The van der Waals surface area contributed by atoms with Crippen molar-refractivity contribution in [2.45, 2.75) is 50.9 Å². The monoisotopic (exact) mass is 444 g/mol. The fourth-order valence-corrected chi connectivity index (χ4v) is 5.33. The Morgan fingerprint density at radius 1 is 0.939 bits per heavy atom. The first kappa shape index (κ1) is 22.9. The van der Waals surface area contributed by atoms with E-state index in [1.807, 2.05) is 18.2 Å². The lowest BCUT2D eigenvalue weighted by atomic mass is 9.66. The highest BCUT2D eigenvalue weighted by molar-refractivity contribution is 5.87. The largest absolute Gasteiger partial charge is 0.497 e. The Hall–Kier alpha value is -3.27. The van der Waals surface area contributed by atoms with Crippen LogP contribution in [-0.2, 0) is 31.1 Å². The van der Waals surface area contributed by atoms with Crippen LogP contribution in [0.25, 0.3) is 0 Å². The van der Waals surface area contributed by atoms with Gasteiger partial charge in [-0.1, -0.05) is 37.3 Å². The molecule has 0 aromatic heterocycles. The van der Waals surface area contributed by atoms with E-state index >= 15 is 0 Å². The maximum absolute atomic E-state index is 11.1. The molecule has 0 aliphatic heterocycles. The van der Waals surface area contributed by atoms with E-state index in [1.54, 1.807) is 26.4 Å². The Balaban J connectivity index is 1.62. The van der Waals surface area contributed by atoms with E-state index in [2.05, 4.69) is 37.3 Å². The Labute approximate surface area is 196 Å². The predicted molar refractivity (Wildman–Crippen MR) is 131 cm³/mol. The molecule has 0 saturated heterocycles. The molecule has 0 fully saturated rings. The first-order valence-corrected chi connectivity index (χ1v) is 11.6. The van der Waals surface area contributed by atoms with Crippen molar-refractivity contribution in [2.75, 3.05) is 14.2 Å². The molecule has 0 saturated carbocycles. The second-order valence-electron chi connectivity index (χ2n) is 9.27. The van der Waals surface area contributed by atoms with Gasteiger partial charge in [0, 0.05) is 6.07 Å². The topological polar surface area (TPSA) is 55.8 Å². The first-order valence-electron chi connectivity index (χ1n) is 11.6. The maximum atomic E-state index is 11.1. The van der Waals surface area contributed by atoms with Crippen molar-refractivity contribution >= 4 is 5.97 Å². The molecule has 1 N–H and O–H groups in total. The standard InChI is InChI=1S/C29H32O4/c1-29(19-21-16-25(32-2)18-26(17-21)33-3)15-5-8-22-6-4-7-23(27(22)29)12-9-20-10-13-24(14-11-20)28(30)31/h4,6-7,10-11,13-14,16-18H,5,8-9,12,15,19H2,1-3H3,(H,30,31)/t29-/m1/s1. The number of carbonyl (C=O) groups is 1. The summed E-state index contributed by atoms with van der Waals surface area (Å²) in [5.41, 5.74) is 7.09. The van der Waals surface area contributed by atoms with Crippen LogP contribution < -0.4 is 9.47 Å². The molecule has 0 unspecified atom stereocenters. The van der Waals surface area contributed by atoms with Gasteiger partial charge in [0.15, 0.2) is 0 Å². The average molecular weight is 445 g/mol. The number of hydrogen-bond donors (Lipinski definition) is 1. The molecule has 4 rings (SSSR count). The lowest BCUT2D eigenvalue weighted by Crippen LogP contribution is -2.31. The Morgan fingerprint density at radius 3 is 2.27 bits per heavy atom. The molecule has 0 bridgehead atoms. The van der Waals surface area contributed by atoms with Gasteiger partial charge in [-0.2, -0.15) is 0 Å². The summed E-state index contributed by atoms with van der Waals surface area (Å²) in [4.78, 5) is 11.1. The number of methoxy groups -OCH3 is 2. The summed E-state index contributed by atoms with van der Waals surface area (Å²) in [5, 5.41) is 9.14. The van der Waals surface area contributed by atoms with E-state index in [4.69, 9.17) is 14.6 Å². The zero-order chi connectivity index (χ0) is 23.4. The fourth-order valence-electron chi connectivity index (χ4n) is 5.33. The molecule has 0 radical (unpaired) electrons. The third-order valence-corrected chi connectivity index (χ3v) is 6.90. The third-order valence-electron chi connectivity index (χ3n) is 6.90. The summed E-state index contributed by atoms with van der Waals surface area (Å²) in [5.74, 6) is 0.757. The van der Waals surface area contributed by atoms with Crippen LogP contribution >= 0.6 is 0 Å². The SMILES string of the molecule is COc1cc(C[C@@]2(C)CCCc3cccc(CCc4ccc(C(=O)O)cc4)c32)cc(OC)c1. The Kier molecular flexibility index (Phi) is 6.73. The molecule has 33 heavy (non-hydrogen) atoms. The lowest BCUT2D eigenvalue weighted by Gasteiger charge is -2.38. The van der Waals surface area contributed by atoms with E-state index in [0.717, 1.165) is 49.2 Å². The van der Waals surface area contributed by atoms with Crippen molar-refractivity contribution in [3.63, 3.8) is 0 Å². The van der Waals surface area contributed by atoms with Gasteiger partial charge in [-0.15, -0.1) is 0 Å². The lowest BCUT2D eigenvalue weighted by molar-refractivity contribution is 0.0697. The molecule has 0 spiro atoms. The van der Waals surface area contributed by atoms with Crippen LogP contribution in [0.3, 0.4) is 0 Å². The summed E-state index contributed by atoms with van der Waals surface area (Å²) in [7, 11) is 3.38. The minimum atomic E-state index is -0.886. The van der Waals surface area contributed by atoms with Crippen LogP contribution in [0.4, 0.5) is 0 Å². The van der Waals surface area contributed by atoms with Crippen molar-refractivity contribution in [1.82, 2.24) is 0 Å². The number of carboxylic acids is 1. The number of aryl methyl sites for hydroxylation is 3. The van der Waals surface area contributed by atoms with Crippen molar-refractivity contribution in [1.29, 1.82) is 0 Å². The first-order chi connectivity index (χ1) is 15.9. The number of aromatic carboxylic acids is 1. The average Bonchev–Trinajstić information content (AvgIpc) is 2.82. The smallest absolute Gasteiger partial charge is 0.335 e. The van der Waals surface area contributed by atoms with E-state index in [9.17, 15) is 4.79 Å². The maximum Gasteiger partial charge on any atom is 0.335 e. The van der Waals surface area contributed by atoms with Gasteiger partial charge in [0.2, 0.25) is 0 Å². The summed E-state index contributed by atoms with van der Waals surface area (Å²) in [6.45, 7) is 2.39. The van der Waals surface area contributed by atoms with Crippen molar-refractivity contribution in [3.8, 4) is 11.5 Å². The summed E-state index contributed by atoms with van der Waals surface area (Å²) in [6, 6.07) is 20.1. The Bertz CT molecular complexity index is 1110. The van der Waals surface area contributed by atoms with Gasteiger partial charge < -0.3 is 14.6 Å². The van der Waals surface area contributed by atoms with Crippen LogP contribution in [0.5, 0.6) is 11.5 Å². The highest BCUT2D eigenvalue weighted by atomic mass is 16.5. The summed E-state index contributed by atoms with van der Waals surface area (Å²) >= 11 is 0. The molecule has 0 amide bonds. The molecule has 0 heterocycles. The number of fused-ring (bicyclic) bond motifs is 1. The third kappa shape index (κ3) is 5.05. The molecular weight excluding hydrogens is 412 g/mol. The molecule has 4 heteroatoms. The molecule has 3 aromatic rings. The fraction of sp³-hybridized carbons (Fsp3) is 0.345. The Morgan fingerprint density at radius 2 is 1.64 bits per heavy atom. The number of carboxylic acid groups (broad SMARTS) is 1. The van der Waals surface area contributed by atoms with E-state index in [0.29, 0.717) is 5.56 Å². The number of hydrogen-bond acceptors (Lipinski definition) is 3. The summed E-state index contributed by atoms with van der Waals surface area (Å²) < 4.78 is 11.0. The minimum Gasteiger partial charge on any atom is -0.497 e. The van der Waals surface area contributed by atoms with Gasteiger partial charge in [-0.3, -0.25) is 0 Å². The second-order valence-corrected chi connectivity index (χ2v) is 9.27. The van der Waals surface area contributed by atoms with E-state index in [-0.39, 0.29) is 5.41 Å². The normalized spacial score (nSPS) is 17.3. The molecule has 4 nitrogen and oxygen atoms in total. The van der Waals surface area contributed by atoms with Gasteiger partial charge in [0.25, 0.3) is 0 Å². The highest BCUT2D eigenvalue weighted by Gasteiger charge is 2.34. The minimum absolute atomic E-state index is 0.0364. The second kappa shape index (κ2) is 9.70. The molecule has 3 aromatic carbocycles. The number of rotatable bonds is 8. The van der Waals surface area contributed by atoms with E-state index in [1.165, 1.54) is 28.7 Å². The summed E-state index contributed by atoms with van der Waals surface area (Å²) in [6.07, 6.45) is 6.20. The molecule has 1 aliphatic carbocycles. The highest BCUT2D eigenvalue weighted by Crippen LogP contribution is 2.42. The van der Waals surface area contributed by atoms with Crippen molar-refractivity contribution < 1.29 is 19.4 Å². The molecule has 1 atom stereocenters. The van der Waals surface area contributed by atoms with Gasteiger partial charge in [0.1, 0.15) is 11.5 Å². The van der Waals surface area contributed by atoms with E-state index < -0.39 is 5.97 Å². The predicted octanol–water partition coefficient (Wildman–Crippen LogP) is 6.02. The van der Waals surface area contributed by atoms with Crippen molar-refractivity contribution in [2.24, 2.45) is 0 Å². The van der Waals surface area contributed by atoms with Crippen molar-refractivity contribution in [3.05, 3.63) is 94.0 Å². The van der Waals surface area contributed by atoms with Gasteiger partial charge in [-0.05, 0) is 96.0 Å².